The molecule has 78 valence electrons. The molecule has 3 N–H and O–H groups in total. The Morgan fingerprint density at radius 2 is 2.13 bits per heavy atom. The van der Waals surface area contributed by atoms with E-state index in [1.165, 1.54) is 5.56 Å². The van der Waals surface area contributed by atoms with Crippen molar-refractivity contribution in [1.29, 1.82) is 0 Å². The minimum atomic E-state index is -0.0105. The van der Waals surface area contributed by atoms with E-state index < -0.39 is 0 Å². The van der Waals surface area contributed by atoms with Crippen LogP contribution < -0.4 is 11.3 Å². The molecule has 15 heavy (non-hydrogen) atoms. The van der Waals surface area contributed by atoms with Gasteiger partial charge in [-0.2, -0.15) is 0 Å². The zero-order chi connectivity index (χ0) is 10.7. The maximum Gasteiger partial charge on any atom is 0.0954 e. The number of furan rings is 1. The lowest BCUT2D eigenvalue weighted by Gasteiger charge is -2.14. The summed E-state index contributed by atoms with van der Waals surface area (Å²) in [6, 6.07) is 10.1. The smallest absolute Gasteiger partial charge is 0.0954 e. The van der Waals surface area contributed by atoms with Crippen LogP contribution in [0.15, 0.2) is 47.3 Å². The average Bonchev–Trinajstić information content (AvgIpc) is 2.72. The van der Waals surface area contributed by atoms with E-state index >= 15 is 0 Å². The second-order valence-corrected chi connectivity index (χ2v) is 3.57. The molecule has 2 rings (SSSR count). The molecule has 0 radical (unpaired) electrons. The third-order valence-electron chi connectivity index (χ3n) is 2.42. The predicted molar refractivity (Wildman–Crippen MR) is 59.1 cm³/mol. The Labute approximate surface area is 88.9 Å². The molecule has 1 aromatic carbocycles. The first kappa shape index (κ1) is 9.96. The molecule has 0 amide bonds. The van der Waals surface area contributed by atoms with Gasteiger partial charge in [0.2, 0.25) is 0 Å². The Bertz CT molecular complexity index is 423. The second-order valence-electron chi connectivity index (χ2n) is 3.57. The Balaban J connectivity index is 2.35. The Hall–Kier alpha value is -1.58. The highest BCUT2D eigenvalue weighted by Gasteiger charge is 2.12. The maximum absolute atomic E-state index is 5.55. The lowest BCUT2D eigenvalue weighted by atomic mass is 10.0. The zero-order valence-corrected chi connectivity index (χ0v) is 8.60. The van der Waals surface area contributed by atoms with Crippen LogP contribution in [-0.2, 0) is 0 Å². The lowest BCUT2D eigenvalue weighted by Crippen LogP contribution is -2.28. The van der Waals surface area contributed by atoms with Crippen LogP contribution in [0.5, 0.6) is 0 Å². The van der Waals surface area contributed by atoms with Gasteiger partial charge in [0, 0.05) is 5.56 Å². The summed E-state index contributed by atoms with van der Waals surface area (Å²) in [5, 5.41) is 0. The minimum absolute atomic E-state index is 0.0105. The molecule has 0 fully saturated rings. The van der Waals surface area contributed by atoms with Crippen LogP contribution in [-0.4, -0.2) is 0 Å². The van der Waals surface area contributed by atoms with Crippen LogP contribution in [0.4, 0.5) is 0 Å². The third-order valence-corrected chi connectivity index (χ3v) is 2.42. The number of aryl methyl sites for hydroxylation is 1. The molecule has 0 saturated carbocycles. The lowest BCUT2D eigenvalue weighted by molar-refractivity contribution is 0.553. The quantitative estimate of drug-likeness (QED) is 0.592. The molecule has 0 saturated heterocycles. The van der Waals surface area contributed by atoms with E-state index in [0.29, 0.717) is 0 Å². The summed E-state index contributed by atoms with van der Waals surface area (Å²) in [5.41, 5.74) is 6.18. The first-order valence-electron chi connectivity index (χ1n) is 4.86. The van der Waals surface area contributed by atoms with E-state index in [1.54, 1.807) is 12.5 Å². The summed E-state index contributed by atoms with van der Waals surface area (Å²) in [6.07, 6.45) is 3.35. The monoisotopic (exact) mass is 202 g/mol. The first-order valence-corrected chi connectivity index (χ1v) is 4.86. The van der Waals surface area contributed by atoms with Crippen molar-refractivity contribution in [2.75, 3.05) is 0 Å². The van der Waals surface area contributed by atoms with Gasteiger partial charge in [-0.05, 0) is 18.6 Å². The van der Waals surface area contributed by atoms with Gasteiger partial charge in [-0.3, -0.25) is 5.84 Å². The van der Waals surface area contributed by atoms with Crippen molar-refractivity contribution in [3.63, 3.8) is 0 Å². The van der Waals surface area contributed by atoms with Crippen LogP contribution in [0.1, 0.15) is 22.7 Å². The van der Waals surface area contributed by atoms with Gasteiger partial charge >= 0.3 is 0 Å². The summed E-state index contributed by atoms with van der Waals surface area (Å²) in [5.74, 6) is 5.55. The molecule has 1 aromatic heterocycles. The fourth-order valence-corrected chi connectivity index (χ4v) is 1.67. The summed E-state index contributed by atoms with van der Waals surface area (Å²) in [6.45, 7) is 2.06. The fourth-order valence-electron chi connectivity index (χ4n) is 1.67. The van der Waals surface area contributed by atoms with Crippen molar-refractivity contribution < 1.29 is 4.42 Å². The van der Waals surface area contributed by atoms with Gasteiger partial charge in [-0.25, -0.2) is 5.43 Å². The average molecular weight is 202 g/mol. The number of rotatable bonds is 3. The molecule has 1 atom stereocenters. The first-order chi connectivity index (χ1) is 7.31. The van der Waals surface area contributed by atoms with Crippen molar-refractivity contribution >= 4 is 0 Å². The molecule has 0 aliphatic rings. The van der Waals surface area contributed by atoms with Crippen LogP contribution in [0, 0.1) is 6.92 Å². The normalized spacial score (nSPS) is 12.7. The van der Waals surface area contributed by atoms with Crippen molar-refractivity contribution in [3.05, 3.63) is 59.5 Å². The van der Waals surface area contributed by atoms with Gasteiger partial charge < -0.3 is 4.42 Å². The summed E-state index contributed by atoms with van der Waals surface area (Å²) in [4.78, 5) is 0. The molecule has 1 unspecified atom stereocenters. The predicted octanol–water partition coefficient (Wildman–Crippen LogP) is 2.14. The number of hydrogen-bond donors (Lipinski definition) is 2. The summed E-state index contributed by atoms with van der Waals surface area (Å²) >= 11 is 0. The number of hydrogen-bond acceptors (Lipinski definition) is 3. The molecule has 0 spiro atoms. The van der Waals surface area contributed by atoms with Crippen molar-refractivity contribution in [2.45, 2.75) is 13.0 Å². The summed E-state index contributed by atoms with van der Waals surface area (Å²) < 4.78 is 5.05. The number of benzene rings is 1. The molecular weight excluding hydrogens is 188 g/mol. The molecule has 0 bridgehead atoms. The highest BCUT2D eigenvalue weighted by atomic mass is 16.3. The molecule has 0 aliphatic carbocycles. The number of nitrogens with two attached hydrogens (primary N) is 1. The summed E-state index contributed by atoms with van der Waals surface area (Å²) in [7, 11) is 0. The van der Waals surface area contributed by atoms with Crippen LogP contribution in [0.3, 0.4) is 0 Å². The molecule has 1 heterocycles. The van der Waals surface area contributed by atoms with E-state index in [4.69, 9.17) is 10.3 Å². The largest absolute Gasteiger partial charge is 0.472 e. The molecular formula is C12H14N2O. The zero-order valence-electron chi connectivity index (χ0n) is 8.60. The van der Waals surface area contributed by atoms with Crippen LogP contribution in [0.2, 0.25) is 0 Å². The van der Waals surface area contributed by atoms with Gasteiger partial charge in [0.15, 0.2) is 0 Å². The Morgan fingerprint density at radius 1 is 1.27 bits per heavy atom. The SMILES string of the molecule is Cc1cccc(C(NN)c2ccoc2)c1. The van der Waals surface area contributed by atoms with Crippen molar-refractivity contribution in [2.24, 2.45) is 5.84 Å². The van der Waals surface area contributed by atoms with Gasteiger partial charge in [0.05, 0.1) is 18.6 Å². The van der Waals surface area contributed by atoms with E-state index in [1.807, 2.05) is 18.2 Å². The molecule has 3 nitrogen and oxygen atoms in total. The van der Waals surface area contributed by atoms with Gasteiger partial charge in [-0.15, -0.1) is 0 Å². The van der Waals surface area contributed by atoms with Crippen LogP contribution in [0.25, 0.3) is 0 Å². The van der Waals surface area contributed by atoms with E-state index in [9.17, 15) is 0 Å². The van der Waals surface area contributed by atoms with E-state index in [-0.39, 0.29) is 6.04 Å². The molecule has 2 aromatic rings. The molecule has 3 heteroatoms. The van der Waals surface area contributed by atoms with Crippen molar-refractivity contribution in [3.8, 4) is 0 Å². The number of nitrogens with one attached hydrogen (secondary N) is 1. The van der Waals surface area contributed by atoms with E-state index in [2.05, 4.69) is 24.5 Å². The van der Waals surface area contributed by atoms with Gasteiger partial charge in [0.1, 0.15) is 0 Å². The highest BCUT2D eigenvalue weighted by Crippen LogP contribution is 2.22. The second kappa shape index (κ2) is 4.29. The van der Waals surface area contributed by atoms with Gasteiger partial charge in [-0.1, -0.05) is 29.8 Å². The van der Waals surface area contributed by atoms with Crippen molar-refractivity contribution in [1.82, 2.24) is 5.43 Å². The maximum atomic E-state index is 5.55. The molecule has 0 aliphatic heterocycles. The minimum Gasteiger partial charge on any atom is -0.472 e. The highest BCUT2D eigenvalue weighted by molar-refractivity contribution is 5.31. The Kier molecular flexibility index (Phi) is 2.85. The van der Waals surface area contributed by atoms with Gasteiger partial charge in [0.25, 0.3) is 0 Å². The third kappa shape index (κ3) is 2.09. The Morgan fingerprint density at radius 3 is 2.73 bits per heavy atom. The standard InChI is InChI=1S/C12H14N2O/c1-9-3-2-4-10(7-9)12(14-13)11-5-6-15-8-11/h2-8,12,14H,13H2,1H3. The fraction of sp³-hybridized carbons (Fsp3) is 0.167. The van der Waals surface area contributed by atoms with Crippen LogP contribution >= 0.6 is 0 Å². The topological polar surface area (TPSA) is 51.2 Å². The number of hydrazine groups is 1. The van der Waals surface area contributed by atoms with E-state index in [0.717, 1.165) is 11.1 Å².